The molecule has 4 atom stereocenters. The number of rotatable bonds is 1. The largest absolute Gasteiger partial charge is 0.389 e. The van der Waals surface area contributed by atoms with Crippen LogP contribution in [0.2, 0.25) is 0 Å². The third-order valence-corrected chi connectivity index (χ3v) is 3.39. The summed E-state index contributed by atoms with van der Waals surface area (Å²) in [7, 11) is 1.61. The maximum Gasteiger partial charge on any atom is 0.172 e. The Morgan fingerprint density at radius 2 is 2.50 bits per heavy atom. The van der Waals surface area contributed by atoms with Gasteiger partial charge in [-0.25, -0.2) is 0 Å². The van der Waals surface area contributed by atoms with Gasteiger partial charge in [0.15, 0.2) is 6.29 Å². The van der Waals surface area contributed by atoms with Crippen LogP contribution in [0.25, 0.3) is 0 Å². The normalized spacial score (nSPS) is 52.2. The first-order valence-corrected chi connectivity index (χ1v) is 4.35. The average Bonchev–Trinajstić information content (AvgIpc) is 2.46. The molecule has 2 saturated heterocycles. The highest BCUT2D eigenvalue weighted by Crippen LogP contribution is 2.40. The lowest BCUT2D eigenvalue weighted by Crippen LogP contribution is -2.26. The molecule has 2 rings (SSSR count). The Kier molecular flexibility index (Phi) is 1.64. The second-order valence-corrected chi connectivity index (χ2v) is 3.78. The quantitative estimate of drug-likeness (QED) is 0.581. The molecule has 3 nitrogen and oxygen atoms in total. The van der Waals surface area contributed by atoms with Gasteiger partial charge in [-0.1, -0.05) is 0 Å². The van der Waals surface area contributed by atoms with Gasteiger partial charge in [0.2, 0.25) is 0 Å². The van der Waals surface area contributed by atoms with Crippen LogP contribution in [0, 0.1) is 0 Å². The van der Waals surface area contributed by atoms with Crippen molar-refractivity contribution in [1.29, 1.82) is 0 Å². The summed E-state index contributed by atoms with van der Waals surface area (Å²) in [5, 5.41) is 9.55. The highest BCUT2D eigenvalue weighted by molar-refractivity contribution is 8.00. The van der Waals surface area contributed by atoms with E-state index < -0.39 is 0 Å². The van der Waals surface area contributed by atoms with Gasteiger partial charge in [0, 0.05) is 12.9 Å². The van der Waals surface area contributed by atoms with Crippen molar-refractivity contribution in [3.05, 3.63) is 0 Å². The minimum Gasteiger partial charge on any atom is -0.389 e. The van der Waals surface area contributed by atoms with Gasteiger partial charge in [0.05, 0.1) is 17.5 Å². The Bertz CT molecular complexity index is 141. The van der Waals surface area contributed by atoms with Crippen LogP contribution in [0.4, 0.5) is 0 Å². The molecule has 10 heavy (non-hydrogen) atoms. The van der Waals surface area contributed by atoms with Crippen molar-refractivity contribution in [3.63, 3.8) is 0 Å². The van der Waals surface area contributed by atoms with Gasteiger partial charge in [0.1, 0.15) is 0 Å². The molecular weight excluding hydrogens is 152 g/mol. The van der Waals surface area contributed by atoms with Gasteiger partial charge in [-0.3, -0.25) is 0 Å². The minimum absolute atomic E-state index is 0.0138. The van der Waals surface area contributed by atoms with Crippen LogP contribution in [-0.4, -0.2) is 41.7 Å². The van der Waals surface area contributed by atoms with Gasteiger partial charge in [0.25, 0.3) is 0 Å². The van der Waals surface area contributed by atoms with Crippen LogP contribution in [0.5, 0.6) is 0 Å². The van der Waals surface area contributed by atoms with E-state index in [0.717, 1.165) is 5.75 Å². The number of hydrogen-bond donors (Lipinski definition) is 1. The van der Waals surface area contributed by atoms with Gasteiger partial charge in [-0.05, 0) is 0 Å². The zero-order chi connectivity index (χ0) is 7.14. The SMILES string of the molecule is CO[C@H]1O[C@@H]2CS[C@H]1[C@H]2O. The number of hydrogen-bond acceptors (Lipinski definition) is 4. The summed E-state index contributed by atoms with van der Waals surface area (Å²) in [6.07, 6.45) is -0.478. The molecule has 4 heteroatoms. The summed E-state index contributed by atoms with van der Waals surface area (Å²) < 4.78 is 10.3. The van der Waals surface area contributed by atoms with Crippen molar-refractivity contribution >= 4 is 11.8 Å². The highest BCUT2D eigenvalue weighted by Gasteiger charge is 2.49. The maximum absolute atomic E-state index is 9.40. The first-order valence-electron chi connectivity index (χ1n) is 3.31. The molecule has 0 aromatic heterocycles. The van der Waals surface area contributed by atoms with E-state index in [0.29, 0.717) is 0 Å². The van der Waals surface area contributed by atoms with E-state index in [4.69, 9.17) is 9.47 Å². The Hall–Kier alpha value is 0.230. The van der Waals surface area contributed by atoms with Gasteiger partial charge in [-0.15, -0.1) is 11.8 Å². The third kappa shape index (κ3) is 0.797. The molecule has 2 aliphatic heterocycles. The molecule has 0 radical (unpaired) electrons. The predicted molar refractivity (Wildman–Crippen MR) is 37.9 cm³/mol. The smallest absolute Gasteiger partial charge is 0.172 e. The van der Waals surface area contributed by atoms with Crippen LogP contribution in [0.15, 0.2) is 0 Å². The van der Waals surface area contributed by atoms with Crippen molar-refractivity contribution in [3.8, 4) is 0 Å². The first-order chi connectivity index (χ1) is 4.83. The van der Waals surface area contributed by atoms with Crippen molar-refractivity contribution in [2.24, 2.45) is 0 Å². The predicted octanol–water partition coefficient (Wildman–Crippen LogP) is -0.166. The Morgan fingerprint density at radius 1 is 1.70 bits per heavy atom. The summed E-state index contributed by atoms with van der Waals surface area (Å²) in [5.74, 6) is 0.908. The number of ether oxygens (including phenoxy) is 2. The van der Waals surface area contributed by atoms with Crippen LogP contribution >= 0.6 is 11.8 Å². The molecule has 0 aromatic carbocycles. The zero-order valence-electron chi connectivity index (χ0n) is 5.69. The molecule has 0 saturated carbocycles. The third-order valence-electron chi connectivity index (χ3n) is 1.98. The molecule has 0 aromatic rings. The lowest BCUT2D eigenvalue weighted by Gasteiger charge is -2.18. The molecule has 2 fully saturated rings. The van der Waals surface area contributed by atoms with E-state index in [1.54, 1.807) is 18.9 Å². The number of aliphatic hydroxyl groups is 1. The Balaban J connectivity index is 2.08. The second kappa shape index (κ2) is 2.37. The van der Waals surface area contributed by atoms with E-state index in [1.165, 1.54) is 0 Å². The fraction of sp³-hybridized carbons (Fsp3) is 1.00. The lowest BCUT2D eigenvalue weighted by atomic mass is 10.2. The highest BCUT2D eigenvalue weighted by atomic mass is 32.2. The maximum atomic E-state index is 9.40. The number of fused-ring (bicyclic) bond motifs is 2. The first kappa shape index (κ1) is 6.91. The van der Waals surface area contributed by atoms with E-state index in [2.05, 4.69) is 0 Å². The molecular formula is C6H10O3S. The molecule has 0 spiro atoms. The molecule has 1 N–H and O–H groups in total. The van der Waals surface area contributed by atoms with Crippen LogP contribution in [-0.2, 0) is 9.47 Å². The Labute approximate surface area is 63.7 Å². The molecule has 2 bridgehead atoms. The van der Waals surface area contributed by atoms with Gasteiger partial charge < -0.3 is 14.6 Å². The number of thioether (sulfide) groups is 1. The van der Waals surface area contributed by atoms with E-state index in [9.17, 15) is 5.11 Å². The molecule has 2 heterocycles. The van der Waals surface area contributed by atoms with Crippen molar-refractivity contribution in [1.82, 2.24) is 0 Å². The van der Waals surface area contributed by atoms with E-state index in [1.807, 2.05) is 0 Å². The van der Waals surface area contributed by atoms with Crippen molar-refractivity contribution in [2.45, 2.75) is 23.7 Å². The van der Waals surface area contributed by atoms with Gasteiger partial charge >= 0.3 is 0 Å². The fourth-order valence-corrected chi connectivity index (χ4v) is 2.81. The summed E-state index contributed by atoms with van der Waals surface area (Å²) in [5.41, 5.74) is 0. The molecule has 2 aliphatic rings. The monoisotopic (exact) mass is 162 g/mol. The molecule has 0 amide bonds. The summed E-state index contributed by atoms with van der Waals surface area (Å²) in [6, 6.07) is 0. The van der Waals surface area contributed by atoms with E-state index >= 15 is 0 Å². The van der Waals surface area contributed by atoms with Crippen LogP contribution in [0.3, 0.4) is 0 Å². The Morgan fingerprint density at radius 3 is 2.80 bits per heavy atom. The molecule has 0 unspecified atom stereocenters. The van der Waals surface area contributed by atoms with Crippen LogP contribution in [0.1, 0.15) is 0 Å². The molecule has 58 valence electrons. The summed E-state index contributed by atoms with van der Waals surface area (Å²) in [4.78, 5) is 0. The molecule has 0 aliphatic carbocycles. The second-order valence-electron chi connectivity index (χ2n) is 2.57. The zero-order valence-corrected chi connectivity index (χ0v) is 6.50. The average molecular weight is 162 g/mol. The standard InChI is InChI=1S/C6H10O3S/c1-8-6-5-4(7)3(9-6)2-10-5/h3-7H,2H2,1H3/t3-,4+,5+,6+/m1/s1. The minimum atomic E-state index is -0.310. The lowest BCUT2D eigenvalue weighted by molar-refractivity contribution is -0.113. The van der Waals surface area contributed by atoms with Crippen molar-refractivity contribution < 1.29 is 14.6 Å². The van der Waals surface area contributed by atoms with Crippen molar-refractivity contribution in [2.75, 3.05) is 12.9 Å². The topological polar surface area (TPSA) is 38.7 Å². The number of methoxy groups -OCH3 is 1. The van der Waals surface area contributed by atoms with Crippen LogP contribution < -0.4 is 0 Å². The summed E-state index contributed by atoms with van der Waals surface area (Å²) >= 11 is 1.73. The van der Waals surface area contributed by atoms with Gasteiger partial charge in [-0.2, -0.15) is 0 Å². The summed E-state index contributed by atoms with van der Waals surface area (Å²) in [6.45, 7) is 0. The number of aliphatic hydroxyl groups excluding tert-OH is 1. The fourth-order valence-electron chi connectivity index (χ4n) is 1.41. The van der Waals surface area contributed by atoms with E-state index in [-0.39, 0.29) is 23.7 Å².